The van der Waals surface area contributed by atoms with E-state index in [0.29, 0.717) is 29.5 Å². The van der Waals surface area contributed by atoms with E-state index in [0.717, 1.165) is 10.9 Å². The summed E-state index contributed by atoms with van der Waals surface area (Å²) in [6.45, 7) is 1.93. The molecule has 0 saturated heterocycles. The van der Waals surface area contributed by atoms with Crippen LogP contribution >= 0.6 is 15.9 Å². The molecule has 1 heterocycles. The lowest BCUT2D eigenvalue weighted by Crippen LogP contribution is -2.22. The van der Waals surface area contributed by atoms with Crippen molar-refractivity contribution in [3.8, 4) is 5.75 Å². The molecule has 1 fully saturated rings. The third-order valence-corrected chi connectivity index (χ3v) is 4.51. The van der Waals surface area contributed by atoms with Crippen molar-refractivity contribution < 1.29 is 13.9 Å². The number of nitrogens with zero attached hydrogens (tertiary/aromatic N) is 2. The molecule has 1 aromatic carbocycles. The van der Waals surface area contributed by atoms with Gasteiger partial charge in [0.2, 0.25) is 5.95 Å². The van der Waals surface area contributed by atoms with E-state index in [4.69, 9.17) is 4.74 Å². The molecule has 0 N–H and O–H groups in total. The van der Waals surface area contributed by atoms with Gasteiger partial charge in [-0.05, 0) is 25.5 Å². The molecule has 2 atom stereocenters. The molecule has 1 aliphatic carbocycles. The fourth-order valence-electron chi connectivity index (χ4n) is 2.85. The maximum atomic E-state index is 14.2. The minimum absolute atomic E-state index is 0.131. The van der Waals surface area contributed by atoms with Gasteiger partial charge in [0.25, 0.3) is 0 Å². The smallest absolute Gasteiger partial charge is 0.222 e. The minimum atomic E-state index is -0.415. The highest BCUT2D eigenvalue weighted by atomic mass is 79.9. The van der Waals surface area contributed by atoms with Gasteiger partial charge in [0.15, 0.2) is 0 Å². The monoisotopic (exact) mass is 354 g/mol. The van der Waals surface area contributed by atoms with Gasteiger partial charge in [0, 0.05) is 30.3 Å². The zero-order chi connectivity index (χ0) is 15.1. The number of benzene rings is 1. The number of halogens is 2. The Morgan fingerprint density at radius 2 is 2.29 bits per heavy atom. The maximum absolute atomic E-state index is 14.2. The van der Waals surface area contributed by atoms with Crippen LogP contribution in [0.2, 0.25) is 0 Å². The number of Topliss-reactive ketones (excluding diaryl/α,β-unsaturated/α-hetero) is 1. The lowest BCUT2D eigenvalue weighted by atomic mass is 10.0. The quantitative estimate of drug-likeness (QED) is 0.845. The number of rotatable bonds is 3. The lowest BCUT2D eigenvalue weighted by Gasteiger charge is -2.20. The second-order valence-electron chi connectivity index (χ2n) is 5.58. The number of fused-ring (bicyclic) bond motifs is 1. The molecular weight excluding hydrogens is 339 g/mol. The number of carbonyl (C=O) groups excluding carboxylic acids is 1. The van der Waals surface area contributed by atoms with Crippen LogP contribution in [0.1, 0.15) is 26.2 Å². The second kappa shape index (κ2) is 5.40. The first kappa shape index (κ1) is 14.5. The van der Waals surface area contributed by atoms with Crippen molar-refractivity contribution in [2.24, 2.45) is 13.0 Å². The Morgan fingerprint density at radius 1 is 1.52 bits per heavy atom. The topological polar surface area (TPSA) is 44.1 Å². The summed E-state index contributed by atoms with van der Waals surface area (Å²) in [5.41, 5.74) is 0.550. The highest BCUT2D eigenvalue weighted by molar-refractivity contribution is 9.10. The van der Waals surface area contributed by atoms with Gasteiger partial charge in [0.1, 0.15) is 17.0 Å². The molecule has 0 spiro atoms. The second-order valence-corrected chi connectivity index (χ2v) is 6.49. The Labute approximate surface area is 130 Å². The Kier molecular flexibility index (Phi) is 3.73. The van der Waals surface area contributed by atoms with Crippen LogP contribution < -0.4 is 4.74 Å². The fourth-order valence-corrected chi connectivity index (χ4v) is 3.28. The summed E-state index contributed by atoms with van der Waals surface area (Å²) in [4.78, 5) is 11.4. The van der Waals surface area contributed by atoms with Gasteiger partial charge in [-0.25, -0.2) is 4.68 Å². The molecule has 1 aromatic heterocycles. The first-order chi connectivity index (χ1) is 9.95. The number of hydrogen-bond donors (Lipinski definition) is 0. The Balaban J connectivity index is 1.94. The van der Waals surface area contributed by atoms with E-state index in [1.165, 1.54) is 4.68 Å². The van der Waals surface area contributed by atoms with E-state index in [-0.39, 0.29) is 17.8 Å². The van der Waals surface area contributed by atoms with Crippen molar-refractivity contribution in [2.45, 2.75) is 32.3 Å². The SMILES string of the molecule is C[C@@H](Oc1cc(Br)cc2nn(C)c(F)c12)[C@H]1CCC(=O)C1. The van der Waals surface area contributed by atoms with Crippen LogP contribution in [0.3, 0.4) is 0 Å². The van der Waals surface area contributed by atoms with Crippen LogP contribution in [0, 0.1) is 11.9 Å². The van der Waals surface area contributed by atoms with E-state index >= 15 is 0 Å². The van der Waals surface area contributed by atoms with Crippen molar-refractivity contribution in [1.29, 1.82) is 0 Å². The molecule has 0 amide bonds. The van der Waals surface area contributed by atoms with Gasteiger partial charge in [-0.1, -0.05) is 15.9 Å². The maximum Gasteiger partial charge on any atom is 0.222 e. The molecule has 0 bridgehead atoms. The van der Waals surface area contributed by atoms with Crippen LogP contribution in [-0.2, 0) is 11.8 Å². The summed E-state index contributed by atoms with van der Waals surface area (Å²) in [5, 5.41) is 4.51. The van der Waals surface area contributed by atoms with Gasteiger partial charge in [0.05, 0.1) is 11.5 Å². The predicted molar refractivity (Wildman–Crippen MR) is 80.8 cm³/mol. The number of aryl methyl sites for hydroxylation is 1. The third-order valence-electron chi connectivity index (χ3n) is 4.05. The average Bonchev–Trinajstić information content (AvgIpc) is 2.95. The molecule has 112 valence electrons. The fraction of sp³-hybridized carbons (Fsp3) is 0.467. The van der Waals surface area contributed by atoms with Crippen LogP contribution in [-0.4, -0.2) is 21.7 Å². The molecule has 0 radical (unpaired) electrons. The van der Waals surface area contributed by atoms with Gasteiger partial charge in [-0.2, -0.15) is 9.49 Å². The van der Waals surface area contributed by atoms with Gasteiger partial charge >= 0.3 is 0 Å². The molecule has 2 aromatic rings. The number of carbonyl (C=O) groups is 1. The van der Waals surface area contributed by atoms with Crippen molar-refractivity contribution in [2.75, 3.05) is 0 Å². The molecule has 4 nitrogen and oxygen atoms in total. The highest BCUT2D eigenvalue weighted by Gasteiger charge is 2.29. The number of ether oxygens (including phenoxy) is 1. The predicted octanol–water partition coefficient (Wildman–Crippen LogP) is 3.61. The summed E-state index contributed by atoms with van der Waals surface area (Å²) >= 11 is 3.39. The van der Waals surface area contributed by atoms with E-state index in [1.807, 2.05) is 6.92 Å². The lowest BCUT2D eigenvalue weighted by molar-refractivity contribution is -0.117. The van der Waals surface area contributed by atoms with Crippen molar-refractivity contribution in [3.63, 3.8) is 0 Å². The Hall–Kier alpha value is -1.43. The molecular formula is C15H16BrFN2O2. The normalized spacial score (nSPS) is 20.2. The minimum Gasteiger partial charge on any atom is -0.489 e. The van der Waals surface area contributed by atoms with E-state index in [9.17, 15) is 9.18 Å². The van der Waals surface area contributed by atoms with Crippen LogP contribution in [0.15, 0.2) is 16.6 Å². The zero-order valence-corrected chi connectivity index (χ0v) is 13.5. The molecule has 21 heavy (non-hydrogen) atoms. The first-order valence-electron chi connectivity index (χ1n) is 6.96. The van der Waals surface area contributed by atoms with Gasteiger partial charge < -0.3 is 4.74 Å². The average molecular weight is 355 g/mol. The number of ketones is 1. The Bertz CT molecular complexity index is 713. The summed E-state index contributed by atoms with van der Waals surface area (Å²) in [6, 6.07) is 3.51. The van der Waals surface area contributed by atoms with E-state index < -0.39 is 5.95 Å². The van der Waals surface area contributed by atoms with Crippen molar-refractivity contribution in [3.05, 3.63) is 22.6 Å². The first-order valence-corrected chi connectivity index (χ1v) is 7.75. The summed E-state index contributed by atoms with van der Waals surface area (Å²) in [6.07, 6.45) is 1.88. The molecule has 3 rings (SSSR count). The molecule has 1 saturated carbocycles. The number of aromatic nitrogens is 2. The highest BCUT2D eigenvalue weighted by Crippen LogP contribution is 2.34. The van der Waals surface area contributed by atoms with E-state index in [1.54, 1.807) is 19.2 Å². The summed E-state index contributed by atoms with van der Waals surface area (Å²) in [5.74, 6) is 0.535. The summed E-state index contributed by atoms with van der Waals surface area (Å²) < 4.78 is 22.1. The van der Waals surface area contributed by atoms with Crippen molar-refractivity contribution in [1.82, 2.24) is 9.78 Å². The van der Waals surface area contributed by atoms with Crippen molar-refractivity contribution >= 4 is 32.6 Å². The van der Waals surface area contributed by atoms with Gasteiger partial charge in [-0.3, -0.25) is 4.79 Å². The van der Waals surface area contributed by atoms with Crippen LogP contribution in [0.5, 0.6) is 5.75 Å². The van der Waals surface area contributed by atoms with Crippen LogP contribution in [0.25, 0.3) is 10.9 Å². The largest absolute Gasteiger partial charge is 0.489 e. The standard InChI is InChI=1S/C15H16BrFN2O2/c1-8(9-3-4-11(20)5-9)21-13-7-10(16)6-12-14(13)15(17)19(2)18-12/h6-9H,3-5H2,1-2H3/t8-,9+/m1/s1. The molecule has 6 heteroatoms. The molecule has 0 aliphatic heterocycles. The van der Waals surface area contributed by atoms with Gasteiger partial charge in [-0.15, -0.1) is 0 Å². The number of hydrogen-bond acceptors (Lipinski definition) is 3. The zero-order valence-electron chi connectivity index (χ0n) is 11.9. The molecule has 0 unspecified atom stereocenters. The van der Waals surface area contributed by atoms with Crippen LogP contribution in [0.4, 0.5) is 4.39 Å². The molecule has 1 aliphatic rings. The summed E-state index contributed by atoms with van der Waals surface area (Å²) in [7, 11) is 1.56. The van der Waals surface area contributed by atoms with E-state index in [2.05, 4.69) is 21.0 Å². The third kappa shape index (κ3) is 2.69. The Morgan fingerprint density at radius 3 is 2.95 bits per heavy atom.